The van der Waals surface area contributed by atoms with Crippen LogP contribution in [0.4, 0.5) is 15.8 Å². The fraction of sp³-hybridized carbons (Fsp3) is 0.321. The SMILES string of the molecule is C/C=C(F)\C(=N/C(C)NNC(=O)c1ccc(Nc2cc(Cl)cc(-c3ccnnc3)c2)cn1)N(CC)CCOCC. The van der Waals surface area contributed by atoms with Crippen molar-refractivity contribution in [1.29, 1.82) is 0 Å². The lowest BCUT2D eigenvalue weighted by Gasteiger charge is -2.25. The van der Waals surface area contributed by atoms with Gasteiger partial charge in [0.25, 0.3) is 5.91 Å². The molecule has 0 bridgehead atoms. The van der Waals surface area contributed by atoms with Crippen molar-refractivity contribution in [2.45, 2.75) is 33.9 Å². The number of likely N-dealkylation sites (N-methyl/N-ethyl adjacent to an activating group) is 1. The zero-order chi connectivity index (χ0) is 28.9. The van der Waals surface area contributed by atoms with E-state index < -0.39 is 17.9 Å². The van der Waals surface area contributed by atoms with Crippen LogP contribution in [0.25, 0.3) is 11.1 Å². The standard InChI is InChI=1S/C28H34ClFN8O2/c1-5-25(30)27(38(6-2)12-13-40-7-3)34-19(4)36-37-28(39)26-9-8-23(18-31-26)35-24-15-21(14-22(29)16-24)20-10-11-32-33-17-20/h5,8-11,14-19,35-36H,6-7,12-13H2,1-4H3,(H,37,39)/b25-5+,34-27+. The summed E-state index contributed by atoms with van der Waals surface area (Å²) < 4.78 is 20.0. The van der Waals surface area contributed by atoms with Gasteiger partial charge in [0.15, 0.2) is 11.7 Å². The lowest BCUT2D eigenvalue weighted by atomic mass is 10.1. The summed E-state index contributed by atoms with van der Waals surface area (Å²) >= 11 is 6.31. The lowest BCUT2D eigenvalue weighted by Crippen LogP contribution is -2.44. The molecule has 0 aliphatic heterocycles. The van der Waals surface area contributed by atoms with Crippen LogP contribution in [0.2, 0.25) is 5.02 Å². The van der Waals surface area contributed by atoms with E-state index in [2.05, 4.69) is 36.3 Å². The first-order valence-electron chi connectivity index (χ1n) is 12.9. The Labute approximate surface area is 238 Å². The molecule has 40 heavy (non-hydrogen) atoms. The van der Waals surface area contributed by atoms with E-state index in [4.69, 9.17) is 16.3 Å². The summed E-state index contributed by atoms with van der Waals surface area (Å²) in [5.74, 6) is -0.718. The Kier molecular flexibility index (Phi) is 11.9. The molecule has 0 saturated heterocycles. The highest BCUT2D eigenvalue weighted by Gasteiger charge is 2.16. The Morgan fingerprint density at radius 3 is 2.62 bits per heavy atom. The predicted octanol–water partition coefficient (Wildman–Crippen LogP) is 5.15. The van der Waals surface area contributed by atoms with E-state index >= 15 is 0 Å². The van der Waals surface area contributed by atoms with Crippen LogP contribution in [0, 0.1) is 0 Å². The summed E-state index contributed by atoms with van der Waals surface area (Å²) in [4.78, 5) is 23.1. The number of benzene rings is 1. The van der Waals surface area contributed by atoms with E-state index in [9.17, 15) is 9.18 Å². The minimum absolute atomic E-state index is 0.190. The zero-order valence-corrected chi connectivity index (χ0v) is 23.7. The molecule has 1 atom stereocenters. The first kappa shape index (κ1) is 30.6. The van der Waals surface area contributed by atoms with Gasteiger partial charge >= 0.3 is 0 Å². The summed E-state index contributed by atoms with van der Waals surface area (Å²) in [7, 11) is 0. The number of allylic oxidation sites excluding steroid dienone is 1. The minimum Gasteiger partial charge on any atom is -0.380 e. The van der Waals surface area contributed by atoms with Crippen molar-refractivity contribution < 1.29 is 13.9 Å². The van der Waals surface area contributed by atoms with Gasteiger partial charge in [-0.15, -0.1) is 0 Å². The van der Waals surface area contributed by atoms with E-state index in [1.54, 1.807) is 55.5 Å². The number of amidine groups is 1. The molecule has 3 rings (SSSR count). The first-order valence-corrected chi connectivity index (χ1v) is 13.3. The molecule has 2 aromatic heterocycles. The van der Waals surface area contributed by atoms with Crippen molar-refractivity contribution in [2.75, 3.05) is 31.6 Å². The molecule has 10 nitrogen and oxygen atoms in total. The van der Waals surface area contributed by atoms with E-state index in [0.717, 1.165) is 16.8 Å². The Hall–Kier alpha value is -3.93. The van der Waals surface area contributed by atoms with Gasteiger partial charge in [-0.05, 0) is 75.7 Å². The lowest BCUT2D eigenvalue weighted by molar-refractivity contribution is 0.0921. The van der Waals surface area contributed by atoms with E-state index in [0.29, 0.717) is 37.0 Å². The number of hydrogen-bond acceptors (Lipinski definition) is 8. The Morgan fingerprint density at radius 2 is 1.98 bits per heavy atom. The molecule has 1 aromatic carbocycles. The van der Waals surface area contributed by atoms with Crippen LogP contribution in [0.5, 0.6) is 0 Å². The maximum atomic E-state index is 14.6. The highest BCUT2D eigenvalue weighted by atomic mass is 35.5. The van der Waals surface area contributed by atoms with Crippen LogP contribution in [0.3, 0.4) is 0 Å². The molecule has 0 radical (unpaired) electrons. The van der Waals surface area contributed by atoms with Gasteiger partial charge in [0.1, 0.15) is 11.9 Å². The molecular weight excluding hydrogens is 535 g/mol. The fourth-order valence-corrected chi connectivity index (χ4v) is 3.90. The van der Waals surface area contributed by atoms with Crippen LogP contribution >= 0.6 is 11.6 Å². The van der Waals surface area contributed by atoms with Crippen molar-refractivity contribution in [2.24, 2.45) is 4.99 Å². The number of aliphatic imine (C=N–C) groups is 1. The molecule has 0 aliphatic carbocycles. The molecule has 3 N–H and O–H groups in total. The van der Waals surface area contributed by atoms with Gasteiger partial charge in [-0.2, -0.15) is 10.2 Å². The second kappa shape index (κ2) is 15.6. The third kappa shape index (κ3) is 9.08. The van der Waals surface area contributed by atoms with E-state index in [1.807, 2.05) is 32.0 Å². The number of aromatic nitrogens is 3. The van der Waals surface area contributed by atoms with Crippen LogP contribution in [0.15, 0.2) is 71.9 Å². The van der Waals surface area contributed by atoms with Crippen molar-refractivity contribution in [3.63, 3.8) is 0 Å². The molecular formula is C28H34ClFN8O2. The van der Waals surface area contributed by atoms with Gasteiger partial charge in [0.05, 0.1) is 30.9 Å². The third-order valence-electron chi connectivity index (χ3n) is 5.67. The van der Waals surface area contributed by atoms with Gasteiger partial charge in [-0.1, -0.05) is 11.6 Å². The number of nitrogens with one attached hydrogen (secondary N) is 3. The van der Waals surface area contributed by atoms with Crippen molar-refractivity contribution >= 4 is 34.7 Å². The number of rotatable bonds is 13. The number of nitrogens with zero attached hydrogens (tertiary/aromatic N) is 5. The van der Waals surface area contributed by atoms with Gasteiger partial charge in [0, 0.05) is 36.0 Å². The van der Waals surface area contributed by atoms with Gasteiger partial charge in [0.2, 0.25) is 0 Å². The van der Waals surface area contributed by atoms with Gasteiger partial charge in [-0.25, -0.2) is 19.8 Å². The molecule has 212 valence electrons. The maximum Gasteiger partial charge on any atom is 0.284 e. The number of halogens is 2. The topological polar surface area (TPSA) is 117 Å². The Morgan fingerprint density at radius 1 is 1.15 bits per heavy atom. The summed E-state index contributed by atoms with van der Waals surface area (Å²) in [6.07, 6.45) is 5.56. The number of hydrazine groups is 1. The van der Waals surface area contributed by atoms with Crippen molar-refractivity contribution in [3.05, 3.63) is 77.6 Å². The molecule has 0 saturated carbocycles. The predicted molar refractivity (Wildman–Crippen MR) is 156 cm³/mol. The van der Waals surface area contributed by atoms with Crippen LogP contribution in [-0.2, 0) is 4.74 Å². The number of hydrogen-bond donors (Lipinski definition) is 3. The zero-order valence-electron chi connectivity index (χ0n) is 23.0. The molecule has 12 heteroatoms. The first-order chi connectivity index (χ1) is 19.3. The second-order valence-corrected chi connectivity index (χ2v) is 8.99. The number of anilines is 2. The van der Waals surface area contributed by atoms with Crippen LogP contribution in [-0.4, -0.2) is 64.3 Å². The fourth-order valence-electron chi connectivity index (χ4n) is 3.66. The maximum absolute atomic E-state index is 14.6. The summed E-state index contributed by atoms with van der Waals surface area (Å²) in [5, 5.41) is 11.5. The number of carbonyl (C=O) groups is 1. The molecule has 1 unspecified atom stereocenters. The second-order valence-electron chi connectivity index (χ2n) is 8.56. The number of carbonyl (C=O) groups excluding carboxylic acids is 1. The normalized spacial score (nSPS) is 12.7. The molecule has 0 spiro atoms. The molecule has 0 fully saturated rings. The summed E-state index contributed by atoms with van der Waals surface area (Å²) in [5.41, 5.74) is 8.75. The largest absolute Gasteiger partial charge is 0.380 e. The van der Waals surface area contributed by atoms with Gasteiger partial charge < -0.3 is 15.0 Å². The molecule has 2 heterocycles. The Balaban J connectivity index is 1.62. The van der Waals surface area contributed by atoms with Crippen LogP contribution in [0.1, 0.15) is 38.2 Å². The van der Waals surface area contributed by atoms with Gasteiger partial charge in [-0.3, -0.25) is 10.2 Å². The average Bonchev–Trinajstić information content (AvgIpc) is 2.97. The quantitative estimate of drug-likeness (QED) is 0.112. The van der Waals surface area contributed by atoms with Crippen molar-refractivity contribution in [3.8, 4) is 11.1 Å². The van der Waals surface area contributed by atoms with E-state index in [-0.39, 0.29) is 11.5 Å². The Bertz CT molecular complexity index is 1310. The number of amides is 1. The minimum atomic E-state index is -0.612. The highest BCUT2D eigenvalue weighted by molar-refractivity contribution is 6.31. The molecule has 3 aromatic rings. The summed E-state index contributed by atoms with van der Waals surface area (Å²) in [6.45, 7) is 9.21. The monoisotopic (exact) mass is 568 g/mol. The molecule has 0 aliphatic rings. The molecule has 1 amide bonds. The third-order valence-corrected chi connectivity index (χ3v) is 5.89. The van der Waals surface area contributed by atoms with Crippen LogP contribution < -0.4 is 16.2 Å². The van der Waals surface area contributed by atoms with Crippen molar-refractivity contribution in [1.82, 2.24) is 30.9 Å². The summed E-state index contributed by atoms with van der Waals surface area (Å²) in [6, 6.07) is 10.7. The van der Waals surface area contributed by atoms with E-state index in [1.165, 1.54) is 6.08 Å². The number of ether oxygens (including phenoxy) is 1. The number of pyridine rings is 1. The average molecular weight is 569 g/mol. The highest BCUT2D eigenvalue weighted by Crippen LogP contribution is 2.28. The smallest absolute Gasteiger partial charge is 0.284 e.